The molecule has 2 unspecified atom stereocenters. The average Bonchev–Trinajstić information content (AvgIpc) is 2.57. The number of hydrogen-bond acceptors (Lipinski definition) is 3. The van der Waals surface area contributed by atoms with Crippen LogP contribution in [-0.4, -0.2) is 30.5 Å². The summed E-state index contributed by atoms with van der Waals surface area (Å²) in [7, 11) is 1.84. The number of amides is 1. The van der Waals surface area contributed by atoms with Gasteiger partial charge in [0.25, 0.3) is 0 Å². The van der Waals surface area contributed by atoms with Crippen LogP contribution in [0.25, 0.3) is 0 Å². The van der Waals surface area contributed by atoms with Crippen LogP contribution in [0.5, 0.6) is 5.75 Å². The lowest BCUT2D eigenvalue weighted by Gasteiger charge is -2.31. The van der Waals surface area contributed by atoms with Gasteiger partial charge in [-0.2, -0.15) is 0 Å². The fraction of sp³-hybridized carbons (Fsp3) is 0.562. The van der Waals surface area contributed by atoms with E-state index < -0.39 is 0 Å². The molecule has 1 aromatic rings. The Kier molecular flexibility index (Phi) is 5.01. The molecule has 20 heavy (non-hydrogen) atoms. The second-order valence-electron chi connectivity index (χ2n) is 5.43. The molecule has 1 amide bonds. The molecule has 0 aliphatic carbocycles. The minimum absolute atomic E-state index is 0.0205. The monoisotopic (exact) mass is 276 g/mol. The molecule has 0 bridgehead atoms. The largest absolute Gasteiger partial charge is 0.494 e. The molecule has 1 aromatic carbocycles. The van der Waals surface area contributed by atoms with Gasteiger partial charge in [0.05, 0.1) is 12.6 Å². The highest BCUT2D eigenvalue weighted by molar-refractivity contribution is 5.76. The predicted molar refractivity (Wildman–Crippen MR) is 79.6 cm³/mol. The Labute approximate surface area is 120 Å². The summed E-state index contributed by atoms with van der Waals surface area (Å²) in [5.41, 5.74) is 7.34. The Morgan fingerprint density at radius 3 is 3.00 bits per heavy atom. The highest BCUT2D eigenvalue weighted by atomic mass is 16.5. The first-order valence-corrected chi connectivity index (χ1v) is 7.37. The highest BCUT2D eigenvalue weighted by Crippen LogP contribution is 2.30. The van der Waals surface area contributed by atoms with Crippen LogP contribution in [0.2, 0.25) is 0 Å². The SMILES string of the molecule is CCCOc1cccc(C2C(N)CCCC(=O)N2C)c1. The molecule has 4 heteroatoms. The summed E-state index contributed by atoms with van der Waals surface area (Å²) >= 11 is 0. The summed E-state index contributed by atoms with van der Waals surface area (Å²) in [6.45, 7) is 2.78. The molecule has 0 spiro atoms. The zero-order valence-corrected chi connectivity index (χ0v) is 12.3. The van der Waals surface area contributed by atoms with Crippen LogP contribution in [-0.2, 0) is 4.79 Å². The quantitative estimate of drug-likeness (QED) is 0.919. The molecular weight excluding hydrogens is 252 g/mol. The van der Waals surface area contributed by atoms with Crippen molar-refractivity contribution in [2.45, 2.75) is 44.7 Å². The lowest BCUT2D eigenvalue weighted by molar-refractivity contribution is -0.131. The van der Waals surface area contributed by atoms with Crippen molar-refractivity contribution in [2.75, 3.05) is 13.7 Å². The van der Waals surface area contributed by atoms with Crippen LogP contribution in [0, 0.1) is 0 Å². The first kappa shape index (κ1) is 14.9. The van der Waals surface area contributed by atoms with E-state index in [-0.39, 0.29) is 18.0 Å². The van der Waals surface area contributed by atoms with E-state index in [2.05, 4.69) is 6.92 Å². The maximum atomic E-state index is 12.0. The van der Waals surface area contributed by atoms with E-state index in [4.69, 9.17) is 10.5 Å². The van der Waals surface area contributed by atoms with E-state index >= 15 is 0 Å². The number of rotatable bonds is 4. The normalized spacial score (nSPS) is 23.6. The predicted octanol–water partition coefficient (Wildman–Crippen LogP) is 2.49. The van der Waals surface area contributed by atoms with Crippen LogP contribution in [0.4, 0.5) is 0 Å². The summed E-state index contributed by atoms with van der Waals surface area (Å²) in [6.07, 6.45) is 3.31. The van der Waals surface area contributed by atoms with Gasteiger partial charge in [-0.15, -0.1) is 0 Å². The fourth-order valence-electron chi connectivity index (χ4n) is 2.74. The molecule has 0 aromatic heterocycles. The summed E-state index contributed by atoms with van der Waals surface area (Å²) < 4.78 is 5.67. The number of benzene rings is 1. The van der Waals surface area contributed by atoms with E-state index in [1.165, 1.54) is 0 Å². The summed E-state index contributed by atoms with van der Waals surface area (Å²) in [5.74, 6) is 1.02. The minimum atomic E-state index is -0.0600. The van der Waals surface area contributed by atoms with Gasteiger partial charge in [0.15, 0.2) is 0 Å². The molecular formula is C16H24N2O2. The Bertz CT molecular complexity index is 462. The molecule has 0 radical (unpaired) electrons. The molecule has 1 heterocycles. The summed E-state index contributed by atoms with van der Waals surface area (Å²) in [5, 5.41) is 0. The molecule has 1 saturated heterocycles. The summed E-state index contributed by atoms with van der Waals surface area (Å²) in [4.78, 5) is 13.8. The topological polar surface area (TPSA) is 55.6 Å². The molecule has 0 saturated carbocycles. The lowest BCUT2D eigenvalue weighted by atomic mass is 9.96. The van der Waals surface area contributed by atoms with Gasteiger partial charge in [-0.1, -0.05) is 19.1 Å². The maximum Gasteiger partial charge on any atom is 0.222 e. The number of hydrogen-bond donors (Lipinski definition) is 1. The van der Waals surface area contributed by atoms with E-state index in [9.17, 15) is 4.79 Å². The third-order valence-corrected chi connectivity index (χ3v) is 3.82. The van der Waals surface area contributed by atoms with Gasteiger partial charge >= 0.3 is 0 Å². The minimum Gasteiger partial charge on any atom is -0.494 e. The molecule has 2 rings (SSSR count). The number of likely N-dealkylation sites (N-methyl/N-ethyl adjacent to an activating group) is 1. The first-order chi connectivity index (χ1) is 9.63. The lowest BCUT2D eigenvalue weighted by Crippen LogP contribution is -2.39. The van der Waals surface area contributed by atoms with Crippen molar-refractivity contribution in [1.82, 2.24) is 4.90 Å². The van der Waals surface area contributed by atoms with Gasteiger partial charge in [0.1, 0.15) is 5.75 Å². The second-order valence-corrected chi connectivity index (χ2v) is 5.43. The van der Waals surface area contributed by atoms with Crippen molar-refractivity contribution >= 4 is 5.91 Å². The number of likely N-dealkylation sites (tertiary alicyclic amines) is 1. The van der Waals surface area contributed by atoms with Gasteiger partial charge in [-0.3, -0.25) is 4.79 Å². The molecule has 110 valence electrons. The Morgan fingerprint density at radius 1 is 1.45 bits per heavy atom. The average molecular weight is 276 g/mol. The van der Waals surface area contributed by atoms with Crippen molar-refractivity contribution in [3.8, 4) is 5.75 Å². The third-order valence-electron chi connectivity index (χ3n) is 3.82. The van der Waals surface area contributed by atoms with E-state index in [1.807, 2.05) is 31.3 Å². The first-order valence-electron chi connectivity index (χ1n) is 7.37. The number of nitrogens with zero attached hydrogens (tertiary/aromatic N) is 1. The Hall–Kier alpha value is -1.55. The molecule has 1 aliphatic heterocycles. The molecule has 1 fully saturated rings. The number of carbonyl (C=O) groups excluding carboxylic acids is 1. The van der Waals surface area contributed by atoms with Crippen LogP contribution >= 0.6 is 0 Å². The Balaban J connectivity index is 2.25. The smallest absolute Gasteiger partial charge is 0.222 e. The fourth-order valence-corrected chi connectivity index (χ4v) is 2.74. The van der Waals surface area contributed by atoms with Crippen molar-refractivity contribution < 1.29 is 9.53 Å². The van der Waals surface area contributed by atoms with E-state index in [1.54, 1.807) is 4.90 Å². The molecule has 2 atom stereocenters. The van der Waals surface area contributed by atoms with E-state index in [0.717, 1.165) is 30.6 Å². The van der Waals surface area contributed by atoms with Crippen molar-refractivity contribution in [2.24, 2.45) is 5.73 Å². The van der Waals surface area contributed by atoms with Crippen LogP contribution in [0.15, 0.2) is 24.3 Å². The number of carbonyl (C=O) groups is 1. The zero-order chi connectivity index (χ0) is 14.5. The molecule has 1 aliphatic rings. The second kappa shape index (κ2) is 6.75. The number of ether oxygens (including phenoxy) is 1. The highest BCUT2D eigenvalue weighted by Gasteiger charge is 2.30. The van der Waals surface area contributed by atoms with Crippen molar-refractivity contribution in [3.63, 3.8) is 0 Å². The molecule has 2 N–H and O–H groups in total. The van der Waals surface area contributed by atoms with Gasteiger partial charge in [-0.25, -0.2) is 0 Å². The number of nitrogens with two attached hydrogens (primary N) is 1. The Morgan fingerprint density at radius 2 is 2.25 bits per heavy atom. The zero-order valence-electron chi connectivity index (χ0n) is 12.3. The van der Waals surface area contributed by atoms with Gasteiger partial charge in [-0.05, 0) is 37.0 Å². The van der Waals surface area contributed by atoms with Crippen molar-refractivity contribution in [1.29, 1.82) is 0 Å². The third kappa shape index (κ3) is 3.31. The van der Waals surface area contributed by atoms with Crippen molar-refractivity contribution in [3.05, 3.63) is 29.8 Å². The standard InChI is InChI=1S/C16H24N2O2/c1-3-10-20-13-7-4-6-12(11-13)16-14(17)8-5-9-15(19)18(16)2/h4,6-7,11,14,16H,3,5,8-10,17H2,1-2H3. The van der Waals surface area contributed by atoms with E-state index in [0.29, 0.717) is 13.0 Å². The van der Waals surface area contributed by atoms with Crippen LogP contribution in [0.1, 0.15) is 44.2 Å². The summed E-state index contributed by atoms with van der Waals surface area (Å²) in [6, 6.07) is 7.87. The molecule has 4 nitrogen and oxygen atoms in total. The van der Waals surface area contributed by atoms with Crippen LogP contribution < -0.4 is 10.5 Å². The van der Waals surface area contributed by atoms with Gasteiger partial charge in [0.2, 0.25) is 5.91 Å². The van der Waals surface area contributed by atoms with Gasteiger partial charge < -0.3 is 15.4 Å². The van der Waals surface area contributed by atoms with Gasteiger partial charge in [0, 0.05) is 19.5 Å². The maximum absolute atomic E-state index is 12.0. The van der Waals surface area contributed by atoms with Crippen LogP contribution in [0.3, 0.4) is 0 Å².